The van der Waals surface area contributed by atoms with E-state index in [0.29, 0.717) is 16.8 Å². The van der Waals surface area contributed by atoms with Gasteiger partial charge in [-0.05, 0) is 30.3 Å². The van der Waals surface area contributed by atoms with Gasteiger partial charge in [0.2, 0.25) is 5.13 Å². The van der Waals surface area contributed by atoms with Gasteiger partial charge in [-0.3, -0.25) is 4.98 Å². The quantitative estimate of drug-likeness (QED) is 0.533. The largest absolute Gasteiger partial charge is 0.484 e. The molecule has 25 heavy (non-hydrogen) atoms. The molecule has 7 heteroatoms. The Balaban J connectivity index is 1.46. The van der Waals surface area contributed by atoms with Crippen LogP contribution in [0.1, 0.15) is 5.01 Å². The molecule has 0 unspecified atom stereocenters. The van der Waals surface area contributed by atoms with Crippen molar-refractivity contribution in [1.82, 2.24) is 15.2 Å². The molecule has 5 nitrogen and oxygen atoms in total. The molecule has 0 radical (unpaired) electrons. The molecule has 1 N–H and O–H groups in total. The van der Waals surface area contributed by atoms with E-state index in [1.165, 1.54) is 11.3 Å². The lowest BCUT2D eigenvalue weighted by molar-refractivity contribution is 0.307. The molecule has 4 aromatic rings. The van der Waals surface area contributed by atoms with Gasteiger partial charge in [0.25, 0.3) is 0 Å². The van der Waals surface area contributed by atoms with E-state index in [-0.39, 0.29) is 0 Å². The van der Waals surface area contributed by atoms with Crippen LogP contribution in [0.15, 0.2) is 60.8 Å². The number of anilines is 2. The molecule has 2 heterocycles. The summed E-state index contributed by atoms with van der Waals surface area (Å²) in [6.45, 7) is 0.338. The number of rotatable bonds is 5. The molecule has 0 fully saturated rings. The van der Waals surface area contributed by atoms with Crippen LogP contribution in [0.25, 0.3) is 10.9 Å². The summed E-state index contributed by atoms with van der Waals surface area (Å²) < 4.78 is 5.88. The SMILES string of the molecule is Clc1cccc(Nc2nnc(COc3cccc4cccnc34)s2)c1. The van der Waals surface area contributed by atoms with Crippen molar-refractivity contribution in [3.05, 3.63) is 70.8 Å². The van der Waals surface area contributed by atoms with E-state index in [9.17, 15) is 0 Å². The number of ether oxygens (including phenoxy) is 1. The zero-order valence-corrected chi connectivity index (χ0v) is 14.6. The highest BCUT2D eigenvalue weighted by atomic mass is 35.5. The van der Waals surface area contributed by atoms with E-state index in [4.69, 9.17) is 16.3 Å². The third-order valence-corrected chi connectivity index (χ3v) is 4.54. The summed E-state index contributed by atoms with van der Waals surface area (Å²) in [6, 6.07) is 17.2. The normalized spacial score (nSPS) is 10.8. The van der Waals surface area contributed by atoms with Crippen molar-refractivity contribution >= 4 is 44.7 Å². The second-order valence-corrected chi connectivity index (χ2v) is 6.75. The fraction of sp³-hybridized carbons (Fsp3) is 0.0556. The number of hydrogen-bond acceptors (Lipinski definition) is 6. The molecule has 0 bridgehead atoms. The second kappa shape index (κ2) is 7.04. The Morgan fingerprint density at radius 1 is 1.04 bits per heavy atom. The van der Waals surface area contributed by atoms with Gasteiger partial charge in [0.1, 0.15) is 17.9 Å². The van der Waals surface area contributed by atoms with Crippen molar-refractivity contribution in [3.63, 3.8) is 0 Å². The van der Waals surface area contributed by atoms with Gasteiger partial charge in [0.05, 0.1) is 0 Å². The molecule has 0 aliphatic rings. The molecule has 4 rings (SSSR count). The Morgan fingerprint density at radius 2 is 1.92 bits per heavy atom. The first-order valence-corrected chi connectivity index (χ1v) is 8.79. The highest BCUT2D eigenvalue weighted by Gasteiger charge is 2.08. The smallest absolute Gasteiger partial charge is 0.210 e. The van der Waals surface area contributed by atoms with Crippen molar-refractivity contribution in [3.8, 4) is 5.75 Å². The first kappa shape index (κ1) is 15.8. The molecule has 2 aromatic carbocycles. The van der Waals surface area contributed by atoms with E-state index < -0.39 is 0 Å². The highest BCUT2D eigenvalue weighted by molar-refractivity contribution is 7.15. The average molecular weight is 369 g/mol. The van der Waals surface area contributed by atoms with Gasteiger partial charge >= 0.3 is 0 Å². The minimum atomic E-state index is 0.338. The molecule has 0 amide bonds. The Morgan fingerprint density at radius 3 is 2.84 bits per heavy atom. The molecule has 2 aromatic heterocycles. The summed E-state index contributed by atoms with van der Waals surface area (Å²) >= 11 is 7.42. The molecule has 124 valence electrons. The van der Waals surface area contributed by atoms with Gasteiger partial charge < -0.3 is 10.1 Å². The molecule has 0 aliphatic carbocycles. The standard InChI is InChI=1S/C18H13ClN4OS/c19-13-6-2-7-14(10-13)21-18-23-22-16(25-18)11-24-15-8-1-4-12-5-3-9-20-17(12)15/h1-10H,11H2,(H,21,23). The monoisotopic (exact) mass is 368 g/mol. The first-order valence-electron chi connectivity index (χ1n) is 7.59. The maximum atomic E-state index is 5.98. The van der Waals surface area contributed by atoms with Crippen LogP contribution >= 0.6 is 22.9 Å². The lowest BCUT2D eigenvalue weighted by Crippen LogP contribution is -1.96. The topological polar surface area (TPSA) is 59.9 Å². The zero-order chi connectivity index (χ0) is 17.1. The number of fused-ring (bicyclic) bond motifs is 1. The minimum Gasteiger partial charge on any atom is -0.484 e. The number of benzene rings is 2. The molecule has 0 aliphatic heterocycles. The number of halogens is 1. The van der Waals surface area contributed by atoms with E-state index in [2.05, 4.69) is 20.5 Å². The van der Waals surface area contributed by atoms with Crippen LogP contribution in [-0.4, -0.2) is 15.2 Å². The molecule has 0 saturated carbocycles. The number of para-hydroxylation sites is 1. The van der Waals surface area contributed by atoms with Crippen LogP contribution in [0.3, 0.4) is 0 Å². The Hall–Kier alpha value is -2.70. The van der Waals surface area contributed by atoms with E-state index in [1.54, 1.807) is 6.20 Å². The van der Waals surface area contributed by atoms with Crippen LogP contribution in [0.5, 0.6) is 5.75 Å². The van der Waals surface area contributed by atoms with Crippen molar-refractivity contribution in [2.75, 3.05) is 5.32 Å². The van der Waals surface area contributed by atoms with Crippen molar-refractivity contribution < 1.29 is 4.74 Å². The highest BCUT2D eigenvalue weighted by Crippen LogP contribution is 2.26. The van der Waals surface area contributed by atoms with Gasteiger partial charge in [-0.1, -0.05) is 47.2 Å². The van der Waals surface area contributed by atoms with Gasteiger partial charge in [0, 0.05) is 22.3 Å². The Bertz CT molecular complexity index is 1020. The summed E-state index contributed by atoms with van der Waals surface area (Å²) in [5, 5.41) is 14.7. The Labute approximate surface area is 153 Å². The van der Waals surface area contributed by atoms with E-state index in [1.807, 2.05) is 54.6 Å². The fourth-order valence-corrected chi connectivity index (χ4v) is 3.25. The van der Waals surface area contributed by atoms with Gasteiger partial charge in [-0.2, -0.15) is 0 Å². The first-order chi connectivity index (χ1) is 12.3. The third-order valence-electron chi connectivity index (χ3n) is 3.49. The van der Waals surface area contributed by atoms with Gasteiger partial charge in [-0.25, -0.2) is 0 Å². The number of nitrogens with one attached hydrogen (secondary N) is 1. The summed E-state index contributed by atoms with van der Waals surface area (Å²) in [6.07, 6.45) is 1.76. The van der Waals surface area contributed by atoms with Crippen molar-refractivity contribution in [1.29, 1.82) is 0 Å². The summed E-state index contributed by atoms with van der Waals surface area (Å²) in [5.41, 5.74) is 1.71. The fourth-order valence-electron chi connectivity index (χ4n) is 2.38. The summed E-state index contributed by atoms with van der Waals surface area (Å²) in [4.78, 5) is 4.38. The Kier molecular flexibility index (Phi) is 4.45. The van der Waals surface area contributed by atoms with Crippen molar-refractivity contribution in [2.45, 2.75) is 6.61 Å². The molecular weight excluding hydrogens is 356 g/mol. The lowest BCUT2D eigenvalue weighted by Gasteiger charge is -2.06. The maximum absolute atomic E-state index is 5.98. The predicted octanol–water partition coefficient (Wildman–Crippen LogP) is 5.06. The van der Waals surface area contributed by atoms with Crippen LogP contribution in [0.4, 0.5) is 10.8 Å². The van der Waals surface area contributed by atoms with Gasteiger partial charge in [-0.15, -0.1) is 10.2 Å². The minimum absolute atomic E-state index is 0.338. The predicted molar refractivity (Wildman–Crippen MR) is 101 cm³/mol. The van der Waals surface area contributed by atoms with Crippen LogP contribution in [-0.2, 0) is 6.61 Å². The van der Waals surface area contributed by atoms with Crippen LogP contribution in [0.2, 0.25) is 5.02 Å². The molecule has 0 atom stereocenters. The molecule has 0 spiro atoms. The third kappa shape index (κ3) is 3.70. The number of nitrogens with zero attached hydrogens (tertiary/aromatic N) is 3. The summed E-state index contributed by atoms with van der Waals surface area (Å²) in [5.74, 6) is 0.734. The molecular formula is C18H13ClN4OS. The average Bonchev–Trinajstić information content (AvgIpc) is 3.07. The number of hydrogen-bond donors (Lipinski definition) is 1. The zero-order valence-electron chi connectivity index (χ0n) is 13.0. The van der Waals surface area contributed by atoms with E-state index in [0.717, 1.165) is 27.3 Å². The number of aromatic nitrogens is 3. The van der Waals surface area contributed by atoms with Crippen LogP contribution < -0.4 is 10.1 Å². The molecule has 0 saturated heterocycles. The van der Waals surface area contributed by atoms with Crippen LogP contribution in [0, 0.1) is 0 Å². The van der Waals surface area contributed by atoms with Gasteiger partial charge in [0.15, 0.2) is 5.01 Å². The second-order valence-electron chi connectivity index (χ2n) is 5.26. The summed E-state index contributed by atoms with van der Waals surface area (Å²) in [7, 11) is 0. The van der Waals surface area contributed by atoms with E-state index >= 15 is 0 Å². The lowest BCUT2D eigenvalue weighted by atomic mass is 10.2. The number of pyridine rings is 1. The maximum Gasteiger partial charge on any atom is 0.210 e. The van der Waals surface area contributed by atoms with Crippen molar-refractivity contribution in [2.24, 2.45) is 0 Å².